The molecule has 2 amide bonds. The number of benzene rings is 1. The van der Waals surface area contributed by atoms with Gasteiger partial charge in [0.1, 0.15) is 0 Å². The summed E-state index contributed by atoms with van der Waals surface area (Å²) in [6.07, 6.45) is 5.84. The first-order valence-electron chi connectivity index (χ1n) is 8.01. The van der Waals surface area contributed by atoms with Crippen LogP contribution in [0.3, 0.4) is 0 Å². The molecule has 23 heavy (non-hydrogen) atoms. The minimum Gasteiger partial charge on any atom is -0.330 e. The monoisotopic (exact) mass is 337 g/mol. The van der Waals surface area contributed by atoms with E-state index in [4.69, 9.17) is 17.3 Å². The summed E-state index contributed by atoms with van der Waals surface area (Å²) >= 11 is 6.00. The number of carbonyl (C=O) groups is 2. The van der Waals surface area contributed by atoms with Gasteiger partial charge in [-0.2, -0.15) is 0 Å². The predicted molar refractivity (Wildman–Crippen MR) is 93.6 cm³/mol. The molecule has 4 N–H and O–H groups in total. The van der Waals surface area contributed by atoms with Gasteiger partial charge >= 0.3 is 0 Å². The second-order valence-electron chi connectivity index (χ2n) is 6.36. The van der Waals surface area contributed by atoms with E-state index < -0.39 is 0 Å². The first kappa shape index (κ1) is 17.8. The van der Waals surface area contributed by atoms with Gasteiger partial charge in [-0.1, -0.05) is 30.9 Å². The zero-order valence-electron chi connectivity index (χ0n) is 13.5. The van der Waals surface area contributed by atoms with Gasteiger partial charge < -0.3 is 16.4 Å². The Bertz CT molecular complexity index is 583. The predicted octanol–water partition coefficient (Wildman–Crippen LogP) is 3.54. The Balaban J connectivity index is 2.10. The fourth-order valence-electron chi connectivity index (χ4n) is 3.21. The van der Waals surface area contributed by atoms with Gasteiger partial charge in [-0.05, 0) is 43.0 Å². The molecule has 0 radical (unpaired) electrons. The van der Waals surface area contributed by atoms with Gasteiger partial charge in [0.05, 0.1) is 11.4 Å². The van der Waals surface area contributed by atoms with Crippen molar-refractivity contribution in [3.05, 3.63) is 23.2 Å². The van der Waals surface area contributed by atoms with E-state index >= 15 is 0 Å². The molecule has 0 aliphatic heterocycles. The molecule has 0 heterocycles. The molecule has 0 unspecified atom stereocenters. The average Bonchev–Trinajstić information content (AvgIpc) is 2.50. The van der Waals surface area contributed by atoms with Crippen LogP contribution in [0.2, 0.25) is 5.02 Å². The summed E-state index contributed by atoms with van der Waals surface area (Å²) in [4.78, 5) is 23.7. The van der Waals surface area contributed by atoms with E-state index in [0.717, 1.165) is 25.7 Å². The van der Waals surface area contributed by atoms with Gasteiger partial charge in [-0.25, -0.2) is 0 Å². The van der Waals surface area contributed by atoms with Crippen molar-refractivity contribution in [2.75, 3.05) is 17.2 Å². The van der Waals surface area contributed by atoms with Crippen LogP contribution in [0.5, 0.6) is 0 Å². The number of halogens is 1. The minimum absolute atomic E-state index is 0.0915. The molecule has 6 heteroatoms. The minimum atomic E-state index is -0.200. The Morgan fingerprint density at radius 3 is 2.48 bits per heavy atom. The second kappa shape index (κ2) is 7.79. The fraction of sp³-hybridized carbons (Fsp3) is 0.529. The van der Waals surface area contributed by atoms with E-state index in [9.17, 15) is 9.59 Å². The molecule has 1 aromatic rings. The van der Waals surface area contributed by atoms with Crippen LogP contribution < -0.4 is 16.4 Å². The average molecular weight is 338 g/mol. The molecular weight excluding hydrogens is 314 g/mol. The first-order chi connectivity index (χ1) is 10.9. The van der Waals surface area contributed by atoms with Gasteiger partial charge in [0.15, 0.2) is 0 Å². The number of nitrogens with one attached hydrogen (secondary N) is 2. The van der Waals surface area contributed by atoms with E-state index in [0.29, 0.717) is 29.4 Å². The summed E-state index contributed by atoms with van der Waals surface area (Å²) in [5.41, 5.74) is 6.90. The Morgan fingerprint density at radius 1 is 1.17 bits per heavy atom. The number of rotatable bonds is 5. The fourth-order valence-corrected chi connectivity index (χ4v) is 3.38. The summed E-state index contributed by atoms with van der Waals surface area (Å²) in [5, 5.41) is 6.07. The Labute approximate surface area is 142 Å². The molecule has 1 aromatic carbocycles. The third-order valence-electron chi connectivity index (χ3n) is 4.45. The van der Waals surface area contributed by atoms with Crippen molar-refractivity contribution in [1.82, 2.24) is 0 Å². The normalized spacial score (nSPS) is 16.7. The number of nitrogens with two attached hydrogens (primary N) is 1. The number of hydrogen-bond donors (Lipinski definition) is 3. The number of anilines is 2. The summed E-state index contributed by atoms with van der Waals surface area (Å²) in [6.45, 7) is 1.94. The Morgan fingerprint density at radius 2 is 1.87 bits per heavy atom. The van der Waals surface area contributed by atoms with Crippen molar-refractivity contribution in [3.63, 3.8) is 0 Å². The molecule has 2 rings (SSSR count). The Kier molecular flexibility index (Phi) is 6.02. The molecular formula is C17H24ClN3O2. The van der Waals surface area contributed by atoms with Gasteiger partial charge in [0, 0.05) is 18.4 Å². The zero-order valence-corrected chi connectivity index (χ0v) is 14.2. The van der Waals surface area contributed by atoms with Crippen LogP contribution in [0.25, 0.3) is 0 Å². The van der Waals surface area contributed by atoms with Crippen LogP contribution in [0.15, 0.2) is 18.2 Å². The highest BCUT2D eigenvalue weighted by Gasteiger charge is 2.33. The second-order valence-corrected chi connectivity index (χ2v) is 6.80. The Hall–Kier alpha value is -1.59. The van der Waals surface area contributed by atoms with Crippen LogP contribution in [-0.4, -0.2) is 18.4 Å². The highest BCUT2D eigenvalue weighted by atomic mass is 35.5. The maximum Gasteiger partial charge on any atom is 0.225 e. The molecule has 0 aromatic heterocycles. The van der Waals surface area contributed by atoms with Crippen LogP contribution in [0.1, 0.15) is 45.4 Å². The molecule has 1 fully saturated rings. The molecule has 1 aliphatic carbocycles. The summed E-state index contributed by atoms with van der Waals surface area (Å²) in [6, 6.07) is 4.99. The molecule has 0 atom stereocenters. The van der Waals surface area contributed by atoms with Crippen LogP contribution >= 0.6 is 11.6 Å². The van der Waals surface area contributed by atoms with Crippen LogP contribution in [-0.2, 0) is 9.59 Å². The number of amides is 2. The number of hydrogen-bond acceptors (Lipinski definition) is 3. The van der Waals surface area contributed by atoms with Crippen LogP contribution in [0.4, 0.5) is 11.4 Å². The summed E-state index contributed by atoms with van der Waals surface area (Å²) in [7, 11) is 0. The van der Waals surface area contributed by atoms with E-state index in [1.165, 1.54) is 13.3 Å². The lowest BCUT2D eigenvalue weighted by Gasteiger charge is -2.35. The third kappa shape index (κ3) is 4.94. The number of carbonyl (C=O) groups excluding carboxylic acids is 2. The topological polar surface area (TPSA) is 84.2 Å². The first-order valence-corrected chi connectivity index (χ1v) is 8.39. The largest absolute Gasteiger partial charge is 0.330 e. The van der Waals surface area contributed by atoms with E-state index in [2.05, 4.69) is 10.6 Å². The van der Waals surface area contributed by atoms with Gasteiger partial charge in [-0.3, -0.25) is 9.59 Å². The standard InChI is InChI=1S/C17H24ClN3O2/c1-12(22)20-14-6-5-13(18)9-15(14)21-16(23)10-17(11-19)7-3-2-4-8-17/h5-6,9H,2-4,7-8,10-11,19H2,1H3,(H,20,22)(H,21,23). The van der Waals surface area contributed by atoms with Crippen molar-refractivity contribution in [1.29, 1.82) is 0 Å². The molecule has 0 saturated heterocycles. The van der Waals surface area contributed by atoms with Crippen molar-refractivity contribution in [2.45, 2.75) is 45.4 Å². The quantitative estimate of drug-likeness (QED) is 0.768. The molecule has 0 bridgehead atoms. The molecule has 0 spiro atoms. The van der Waals surface area contributed by atoms with Crippen molar-refractivity contribution in [3.8, 4) is 0 Å². The molecule has 126 valence electrons. The van der Waals surface area contributed by atoms with E-state index in [1.807, 2.05) is 0 Å². The van der Waals surface area contributed by atoms with Gasteiger partial charge in [-0.15, -0.1) is 0 Å². The zero-order chi connectivity index (χ0) is 16.9. The lowest BCUT2D eigenvalue weighted by molar-refractivity contribution is -0.119. The molecule has 1 aliphatic rings. The highest BCUT2D eigenvalue weighted by Crippen LogP contribution is 2.38. The van der Waals surface area contributed by atoms with E-state index in [-0.39, 0.29) is 17.2 Å². The smallest absolute Gasteiger partial charge is 0.225 e. The van der Waals surface area contributed by atoms with Crippen LogP contribution in [0, 0.1) is 5.41 Å². The third-order valence-corrected chi connectivity index (χ3v) is 4.68. The maximum atomic E-state index is 12.5. The maximum absolute atomic E-state index is 12.5. The summed E-state index contributed by atoms with van der Waals surface area (Å²) in [5.74, 6) is -0.292. The van der Waals surface area contributed by atoms with Crippen molar-refractivity contribution < 1.29 is 9.59 Å². The van der Waals surface area contributed by atoms with Gasteiger partial charge in [0.2, 0.25) is 11.8 Å². The SMILES string of the molecule is CC(=O)Nc1ccc(Cl)cc1NC(=O)CC1(CN)CCCCC1. The van der Waals surface area contributed by atoms with Gasteiger partial charge in [0.25, 0.3) is 0 Å². The lowest BCUT2D eigenvalue weighted by Crippen LogP contribution is -2.36. The van der Waals surface area contributed by atoms with Crippen molar-refractivity contribution in [2.24, 2.45) is 11.1 Å². The molecule has 1 saturated carbocycles. The van der Waals surface area contributed by atoms with Crippen molar-refractivity contribution >= 4 is 34.8 Å². The lowest BCUT2D eigenvalue weighted by atomic mass is 9.71. The highest BCUT2D eigenvalue weighted by molar-refractivity contribution is 6.31. The van der Waals surface area contributed by atoms with E-state index in [1.54, 1.807) is 18.2 Å². The molecule has 5 nitrogen and oxygen atoms in total. The summed E-state index contributed by atoms with van der Waals surface area (Å²) < 4.78 is 0.